The predicted octanol–water partition coefficient (Wildman–Crippen LogP) is 3.62. The second kappa shape index (κ2) is 9.65. The molecule has 22 heavy (non-hydrogen) atoms. The fraction of sp³-hybridized carbons (Fsp3) is 0.500. The summed E-state index contributed by atoms with van der Waals surface area (Å²) in [5.41, 5.74) is 1.18. The van der Waals surface area contributed by atoms with Gasteiger partial charge in [-0.3, -0.25) is 4.79 Å². The van der Waals surface area contributed by atoms with E-state index in [0.29, 0.717) is 6.04 Å². The summed E-state index contributed by atoms with van der Waals surface area (Å²) in [6.45, 7) is 6.86. The summed E-state index contributed by atoms with van der Waals surface area (Å²) in [5, 5.41) is 6.64. The number of hydrogen-bond donors (Lipinski definition) is 2. The lowest BCUT2D eigenvalue weighted by Crippen LogP contribution is -2.43. The van der Waals surface area contributed by atoms with Gasteiger partial charge in [-0.15, -0.1) is 19.0 Å². The number of allylic oxidation sites excluding steroid dienone is 1. The molecule has 1 aliphatic rings. The van der Waals surface area contributed by atoms with E-state index in [9.17, 15) is 4.79 Å². The van der Waals surface area contributed by atoms with Crippen LogP contribution in [-0.4, -0.2) is 18.5 Å². The summed E-state index contributed by atoms with van der Waals surface area (Å²) in [6, 6.07) is 10.7. The molecular formula is C18H27ClN2O. The van der Waals surface area contributed by atoms with Crippen LogP contribution in [0.25, 0.3) is 0 Å². The molecule has 0 radical (unpaired) electrons. The maximum Gasteiger partial charge on any atom is 0.223 e. The molecule has 3 atom stereocenters. The molecule has 0 spiro atoms. The topological polar surface area (TPSA) is 41.1 Å². The Morgan fingerprint density at radius 2 is 2.18 bits per heavy atom. The minimum absolute atomic E-state index is 0. The molecule has 2 N–H and O–H groups in total. The van der Waals surface area contributed by atoms with Gasteiger partial charge in [-0.1, -0.05) is 36.4 Å². The zero-order chi connectivity index (χ0) is 15.1. The smallest absolute Gasteiger partial charge is 0.223 e. The molecule has 3 nitrogen and oxygen atoms in total. The number of halogens is 1. The van der Waals surface area contributed by atoms with Crippen molar-refractivity contribution in [2.75, 3.05) is 6.54 Å². The van der Waals surface area contributed by atoms with E-state index in [0.717, 1.165) is 32.2 Å². The zero-order valence-corrected chi connectivity index (χ0v) is 14.1. The Morgan fingerprint density at radius 3 is 2.82 bits per heavy atom. The molecule has 0 bridgehead atoms. The third-order valence-corrected chi connectivity index (χ3v) is 4.17. The minimum Gasteiger partial charge on any atom is -0.349 e. The van der Waals surface area contributed by atoms with Crippen molar-refractivity contribution >= 4 is 18.3 Å². The minimum atomic E-state index is 0. The van der Waals surface area contributed by atoms with Gasteiger partial charge in [0.15, 0.2) is 0 Å². The fourth-order valence-electron chi connectivity index (χ4n) is 2.95. The summed E-state index contributed by atoms with van der Waals surface area (Å²) in [5.74, 6) is 0.331. The van der Waals surface area contributed by atoms with Crippen LogP contribution < -0.4 is 10.6 Å². The van der Waals surface area contributed by atoms with Crippen LogP contribution in [0.1, 0.15) is 44.2 Å². The molecule has 0 aliphatic carbocycles. The first-order valence-electron chi connectivity index (χ1n) is 7.90. The van der Waals surface area contributed by atoms with Gasteiger partial charge in [0.05, 0.1) is 6.04 Å². The predicted molar refractivity (Wildman–Crippen MR) is 94.2 cm³/mol. The van der Waals surface area contributed by atoms with Crippen LogP contribution in [0.4, 0.5) is 0 Å². The second-order valence-electron chi connectivity index (χ2n) is 5.91. The van der Waals surface area contributed by atoms with Gasteiger partial charge < -0.3 is 10.6 Å². The lowest BCUT2D eigenvalue weighted by Gasteiger charge is -2.29. The van der Waals surface area contributed by atoms with Crippen molar-refractivity contribution in [2.45, 2.75) is 44.7 Å². The Bertz CT molecular complexity index is 463. The van der Waals surface area contributed by atoms with Crippen molar-refractivity contribution in [1.82, 2.24) is 10.6 Å². The highest BCUT2D eigenvalue weighted by molar-refractivity contribution is 5.85. The molecule has 0 aromatic heterocycles. The molecule has 0 saturated carbocycles. The summed E-state index contributed by atoms with van der Waals surface area (Å²) in [7, 11) is 0. The normalized spacial score (nSPS) is 22.2. The third kappa shape index (κ3) is 5.47. The Morgan fingerprint density at radius 1 is 1.45 bits per heavy atom. The molecular weight excluding hydrogens is 296 g/mol. The summed E-state index contributed by atoms with van der Waals surface area (Å²) in [4.78, 5) is 12.5. The number of carbonyl (C=O) groups is 1. The first-order chi connectivity index (χ1) is 10.2. The highest BCUT2D eigenvalue weighted by Gasteiger charge is 2.26. The number of benzene rings is 1. The van der Waals surface area contributed by atoms with Crippen LogP contribution >= 0.6 is 12.4 Å². The molecule has 122 valence electrons. The molecule has 1 amide bonds. The largest absolute Gasteiger partial charge is 0.349 e. The molecule has 4 heteroatoms. The van der Waals surface area contributed by atoms with Crippen LogP contribution in [0.2, 0.25) is 0 Å². The van der Waals surface area contributed by atoms with Crippen molar-refractivity contribution < 1.29 is 4.79 Å². The van der Waals surface area contributed by atoms with E-state index in [2.05, 4.69) is 36.3 Å². The number of carbonyl (C=O) groups excluding carboxylic acids is 1. The number of amides is 1. The molecule has 2 rings (SSSR count). The van der Waals surface area contributed by atoms with Crippen molar-refractivity contribution in [3.63, 3.8) is 0 Å². The Kier molecular flexibility index (Phi) is 8.21. The number of nitrogens with one attached hydrogen (secondary N) is 2. The highest BCUT2D eigenvalue weighted by atomic mass is 35.5. The Balaban J connectivity index is 0.00000242. The summed E-state index contributed by atoms with van der Waals surface area (Å²) in [6.07, 6.45) is 5.57. The lowest BCUT2D eigenvalue weighted by atomic mass is 9.91. The first kappa shape index (κ1) is 18.7. The van der Waals surface area contributed by atoms with E-state index < -0.39 is 0 Å². The van der Waals surface area contributed by atoms with Crippen LogP contribution in [0.3, 0.4) is 0 Å². The van der Waals surface area contributed by atoms with Gasteiger partial charge in [0.1, 0.15) is 0 Å². The van der Waals surface area contributed by atoms with E-state index >= 15 is 0 Å². The van der Waals surface area contributed by atoms with Crippen molar-refractivity contribution in [3.8, 4) is 0 Å². The van der Waals surface area contributed by atoms with Crippen LogP contribution in [0.5, 0.6) is 0 Å². The first-order valence-corrected chi connectivity index (χ1v) is 7.90. The number of rotatable bonds is 6. The van der Waals surface area contributed by atoms with Crippen molar-refractivity contribution in [3.05, 3.63) is 48.6 Å². The highest BCUT2D eigenvalue weighted by Crippen LogP contribution is 2.22. The lowest BCUT2D eigenvalue weighted by molar-refractivity contribution is -0.126. The fourth-order valence-corrected chi connectivity index (χ4v) is 2.95. The molecule has 1 unspecified atom stereocenters. The van der Waals surface area contributed by atoms with Gasteiger partial charge in [0.2, 0.25) is 5.91 Å². The van der Waals surface area contributed by atoms with Gasteiger partial charge >= 0.3 is 0 Å². The summed E-state index contributed by atoms with van der Waals surface area (Å²) < 4.78 is 0. The van der Waals surface area contributed by atoms with Gasteiger partial charge in [-0.05, 0) is 44.7 Å². The molecule has 1 saturated heterocycles. The van der Waals surface area contributed by atoms with E-state index in [1.54, 1.807) is 0 Å². The number of piperidine rings is 1. The molecule has 1 aliphatic heterocycles. The summed E-state index contributed by atoms with van der Waals surface area (Å²) >= 11 is 0. The van der Waals surface area contributed by atoms with E-state index in [1.807, 2.05) is 24.3 Å². The van der Waals surface area contributed by atoms with Crippen molar-refractivity contribution in [1.29, 1.82) is 0 Å². The van der Waals surface area contributed by atoms with Gasteiger partial charge in [0, 0.05) is 12.0 Å². The Labute approximate surface area is 140 Å². The van der Waals surface area contributed by atoms with Gasteiger partial charge in [-0.25, -0.2) is 0 Å². The average Bonchev–Trinajstić information content (AvgIpc) is 2.52. The van der Waals surface area contributed by atoms with Crippen LogP contribution in [0, 0.1) is 5.92 Å². The quantitative estimate of drug-likeness (QED) is 0.785. The van der Waals surface area contributed by atoms with E-state index in [1.165, 1.54) is 5.56 Å². The molecule has 1 fully saturated rings. The third-order valence-electron chi connectivity index (χ3n) is 4.17. The molecule has 1 aromatic carbocycles. The van der Waals surface area contributed by atoms with E-state index in [4.69, 9.17) is 0 Å². The van der Waals surface area contributed by atoms with Crippen LogP contribution in [-0.2, 0) is 4.79 Å². The average molecular weight is 323 g/mol. The standard InChI is InChI=1S/C18H26N2O.ClH/c1-3-4-10-17(15-8-6-5-7-9-15)20-18(21)16-11-12-19-14(2)13-16;/h3,5-9,14,16-17,19H,1,4,10-13H2,2H3,(H,20,21);1H/t14-,16-,17?;/m0./s1. The molecule has 1 aromatic rings. The second-order valence-corrected chi connectivity index (χ2v) is 5.91. The number of hydrogen-bond acceptors (Lipinski definition) is 2. The maximum atomic E-state index is 12.5. The van der Waals surface area contributed by atoms with Gasteiger partial charge in [-0.2, -0.15) is 0 Å². The zero-order valence-electron chi connectivity index (χ0n) is 13.3. The van der Waals surface area contributed by atoms with Gasteiger partial charge in [0.25, 0.3) is 0 Å². The van der Waals surface area contributed by atoms with Crippen molar-refractivity contribution in [2.24, 2.45) is 5.92 Å². The maximum absolute atomic E-state index is 12.5. The van der Waals surface area contributed by atoms with Crippen LogP contribution in [0.15, 0.2) is 43.0 Å². The van der Waals surface area contributed by atoms with E-state index in [-0.39, 0.29) is 30.3 Å². The Hall–Kier alpha value is -1.32. The SMILES string of the molecule is C=CCCC(NC(=O)[C@H]1CCN[C@@H](C)C1)c1ccccc1.Cl. The molecule has 1 heterocycles. The monoisotopic (exact) mass is 322 g/mol.